The first kappa shape index (κ1) is 13.0. The average molecular weight is 226 g/mol. The Kier molecular flexibility index (Phi) is 5.29. The van der Waals surface area contributed by atoms with Gasteiger partial charge in [-0.3, -0.25) is 9.59 Å². The number of carbonyl (C=O) groups excluding carboxylic acids is 2. The molecule has 2 amide bonds. The third kappa shape index (κ3) is 3.83. The molecule has 0 aromatic heterocycles. The largest absolute Gasteiger partial charge is 0.351 e. The van der Waals surface area contributed by atoms with E-state index in [2.05, 4.69) is 10.6 Å². The zero-order valence-electron chi connectivity index (χ0n) is 10.2. The van der Waals surface area contributed by atoms with Crippen LogP contribution in [-0.4, -0.2) is 23.9 Å². The lowest BCUT2D eigenvalue weighted by molar-refractivity contribution is -0.124. The van der Waals surface area contributed by atoms with Gasteiger partial charge in [-0.1, -0.05) is 26.7 Å². The number of hydrogen-bond acceptors (Lipinski definition) is 2. The minimum atomic E-state index is 0.0719. The lowest BCUT2D eigenvalue weighted by Gasteiger charge is -2.32. The topological polar surface area (TPSA) is 58.2 Å². The van der Waals surface area contributed by atoms with E-state index in [4.69, 9.17) is 0 Å². The summed E-state index contributed by atoms with van der Waals surface area (Å²) in [5, 5.41) is 5.99. The first-order chi connectivity index (χ1) is 7.67. The Morgan fingerprint density at radius 3 is 1.62 bits per heavy atom. The van der Waals surface area contributed by atoms with Crippen LogP contribution in [0.5, 0.6) is 0 Å². The van der Waals surface area contributed by atoms with Gasteiger partial charge in [-0.2, -0.15) is 0 Å². The lowest BCUT2D eigenvalue weighted by Crippen LogP contribution is -2.53. The second kappa shape index (κ2) is 6.51. The fourth-order valence-corrected chi connectivity index (χ4v) is 2.09. The van der Waals surface area contributed by atoms with Crippen molar-refractivity contribution in [3.63, 3.8) is 0 Å². The van der Waals surface area contributed by atoms with Gasteiger partial charge >= 0.3 is 0 Å². The number of amides is 2. The van der Waals surface area contributed by atoms with Crippen LogP contribution >= 0.6 is 0 Å². The average Bonchev–Trinajstić information content (AvgIpc) is 2.31. The standard InChI is InChI=1S/C12H22N2O2/c1-3-11(15)13-9-7-5-6-8-10(9)14-12(16)4-2/h9-10H,3-8H2,1-2H3,(H,13,15)(H,14,16)/t9-,10-/m1/s1. The van der Waals surface area contributed by atoms with Crippen molar-refractivity contribution in [2.24, 2.45) is 0 Å². The molecule has 0 aromatic rings. The van der Waals surface area contributed by atoms with Crippen LogP contribution in [0.2, 0.25) is 0 Å². The molecule has 1 aliphatic rings. The minimum Gasteiger partial charge on any atom is -0.351 e. The van der Waals surface area contributed by atoms with Crippen LogP contribution in [0.4, 0.5) is 0 Å². The Labute approximate surface area is 97.2 Å². The van der Waals surface area contributed by atoms with E-state index >= 15 is 0 Å². The van der Waals surface area contributed by atoms with Crippen molar-refractivity contribution in [1.82, 2.24) is 10.6 Å². The Morgan fingerprint density at radius 2 is 1.31 bits per heavy atom. The van der Waals surface area contributed by atoms with Crippen molar-refractivity contribution >= 4 is 11.8 Å². The third-order valence-electron chi connectivity index (χ3n) is 3.10. The highest BCUT2D eigenvalue weighted by Crippen LogP contribution is 2.18. The van der Waals surface area contributed by atoms with Crippen LogP contribution in [0.15, 0.2) is 0 Å². The predicted octanol–water partition coefficient (Wildman–Crippen LogP) is 1.35. The maximum atomic E-state index is 11.4. The summed E-state index contributed by atoms with van der Waals surface area (Å²) >= 11 is 0. The van der Waals surface area contributed by atoms with Crippen LogP contribution in [0, 0.1) is 0 Å². The van der Waals surface area contributed by atoms with Crippen LogP contribution in [0.25, 0.3) is 0 Å². The van der Waals surface area contributed by atoms with Crippen molar-refractivity contribution in [3.8, 4) is 0 Å². The Hall–Kier alpha value is -1.06. The van der Waals surface area contributed by atoms with Gasteiger partial charge in [0.25, 0.3) is 0 Å². The summed E-state index contributed by atoms with van der Waals surface area (Å²) in [5.74, 6) is 0.144. The molecule has 0 bridgehead atoms. The van der Waals surface area contributed by atoms with Gasteiger partial charge in [-0.05, 0) is 12.8 Å². The highest BCUT2D eigenvalue weighted by molar-refractivity contribution is 5.77. The van der Waals surface area contributed by atoms with Crippen molar-refractivity contribution < 1.29 is 9.59 Å². The van der Waals surface area contributed by atoms with Gasteiger partial charge in [0.15, 0.2) is 0 Å². The zero-order chi connectivity index (χ0) is 12.0. The Morgan fingerprint density at radius 1 is 0.938 bits per heavy atom. The van der Waals surface area contributed by atoms with Gasteiger partial charge in [-0.15, -0.1) is 0 Å². The normalized spacial score (nSPS) is 24.9. The van der Waals surface area contributed by atoms with E-state index in [0.717, 1.165) is 25.7 Å². The highest BCUT2D eigenvalue weighted by Gasteiger charge is 2.26. The molecule has 0 unspecified atom stereocenters. The first-order valence-corrected chi connectivity index (χ1v) is 6.26. The maximum Gasteiger partial charge on any atom is 0.220 e. The van der Waals surface area contributed by atoms with Gasteiger partial charge in [0.2, 0.25) is 11.8 Å². The fourth-order valence-electron chi connectivity index (χ4n) is 2.09. The van der Waals surface area contributed by atoms with Gasteiger partial charge in [0.05, 0.1) is 0 Å². The molecule has 2 N–H and O–H groups in total. The van der Waals surface area contributed by atoms with Crippen LogP contribution < -0.4 is 10.6 Å². The summed E-state index contributed by atoms with van der Waals surface area (Å²) in [4.78, 5) is 22.7. The van der Waals surface area contributed by atoms with Gasteiger partial charge in [0.1, 0.15) is 0 Å². The van der Waals surface area contributed by atoms with E-state index in [1.54, 1.807) is 0 Å². The molecule has 0 radical (unpaired) electrons. The molecule has 1 fully saturated rings. The second-order valence-corrected chi connectivity index (χ2v) is 4.34. The van der Waals surface area contributed by atoms with Crippen LogP contribution in [0.3, 0.4) is 0 Å². The number of carbonyl (C=O) groups is 2. The molecule has 0 spiro atoms. The quantitative estimate of drug-likeness (QED) is 0.760. The highest BCUT2D eigenvalue weighted by atomic mass is 16.2. The van der Waals surface area contributed by atoms with Gasteiger partial charge in [-0.25, -0.2) is 0 Å². The molecular formula is C12H22N2O2. The molecule has 0 heterocycles. The molecule has 1 saturated carbocycles. The summed E-state index contributed by atoms with van der Waals surface area (Å²) in [6, 6.07) is 0.244. The van der Waals surface area contributed by atoms with E-state index in [-0.39, 0.29) is 23.9 Å². The van der Waals surface area contributed by atoms with E-state index in [1.807, 2.05) is 13.8 Å². The van der Waals surface area contributed by atoms with E-state index in [9.17, 15) is 9.59 Å². The molecule has 4 heteroatoms. The summed E-state index contributed by atoms with van der Waals surface area (Å²) < 4.78 is 0. The van der Waals surface area contributed by atoms with Crippen molar-refractivity contribution in [2.75, 3.05) is 0 Å². The van der Waals surface area contributed by atoms with E-state index in [0.29, 0.717) is 12.8 Å². The second-order valence-electron chi connectivity index (χ2n) is 4.34. The zero-order valence-corrected chi connectivity index (χ0v) is 10.2. The summed E-state index contributed by atoms with van der Waals surface area (Å²) in [5.41, 5.74) is 0. The monoisotopic (exact) mass is 226 g/mol. The molecule has 4 nitrogen and oxygen atoms in total. The molecule has 16 heavy (non-hydrogen) atoms. The Bertz CT molecular complexity index is 227. The summed E-state index contributed by atoms with van der Waals surface area (Å²) in [6.45, 7) is 3.69. The van der Waals surface area contributed by atoms with Crippen molar-refractivity contribution in [2.45, 2.75) is 64.5 Å². The molecule has 92 valence electrons. The Balaban J connectivity index is 2.49. The molecule has 1 aliphatic carbocycles. The molecule has 0 aliphatic heterocycles. The smallest absolute Gasteiger partial charge is 0.220 e. The van der Waals surface area contributed by atoms with Crippen molar-refractivity contribution in [1.29, 1.82) is 0 Å². The van der Waals surface area contributed by atoms with Crippen LogP contribution in [0.1, 0.15) is 52.4 Å². The fraction of sp³-hybridized carbons (Fsp3) is 0.833. The number of hydrogen-bond donors (Lipinski definition) is 2. The van der Waals surface area contributed by atoms with E-state index in [1.165, 1.54) is 0 Å². The summed E-state index contributed by atoms with van der Waals surface area (Å²) in [6.07, 6.45) is 5.22. The van der Waals surface area contributed by atoms with E-state index < -0.39 is 0 Å². The predicted molar refractivity (Wildman–Crippen MR) is 62.9 cm³/mol. The molecule has 0 saturated heterocycles. The molecule has 2 atom stereocenters. The SMILES string of the molecule is CCC(=O)N[C@@H]1CCCC[C@H]1NC(=O)CC. The molecule has 1 rings (SSSR count). The number of nitrogens with one attached hydrogen (secondary N) is 2. The molecular weight excluding hydrogens is 204 g/mol. The lowest BCUT2D eigenvalue weighted by atomic mass is 9.90. The molecule has 0 aromatic carbocycles. The van der Waals surface area contributed by atoms with Gasteiger partial charge in [0, 0.05) is 24.9 Å². The third-order valence-corrected chi connectivity index (χ3v) is 3.10. The maximum absolute atomic E-state index is 11.4. The first-order valence-electron chi connectivity index (χ1n) is 6.26. The van der Waals surface area contributed by atoms with Gasteiger partial charge < -0.3 is 10.6 Å². The number of rotatable bonds is 4. The summed E-state index contributed by atoms with van der Waals surface area (Å²) in [7, 11) is 0. The minimum absolute atomic E-state index is 0.0719. The van der Waals surface area contributed by atoms with Crippen LogP contribution in [-0.2, 0) is 9.59 Å². The van der Waals surface area contributed by atoms with Crippen molar-refractivity contribution in [3.05, 3.63) is 0 Å².